The molecule has 0 radical (unpaired) electrons. The van der Waals surface area contributed by atoms with Gasteiger partial charge >= 0.3 is 5.97 Å². The Kier molecular flexibility index (Phi) is 7.17. The molecule has 1 aliphatic rings. The lowest BCUT2D eigenvalue weighted by atomic mass is 10.1. The highest BCUT2D eigenvalue weighted by atomic mass is 33.1. The van der Waals surface area contributed by atoms with Crippen LogP contribution in [-0.2, 0) is 9.53 Å². The van der Waals surface area contributed by atoms with Gasteiger partial charge in [0, 0.05) is 11.0 Å². The average molecular weight is 307 g/mol. The highest BCUT2D eigenvalue weighted by Crippen LogP contribution is 2.40. The van der Waals surface area contributed by atoms with Gasteiger partial charge in [-0.05, 0) is 26.2 Å². The first-order valence-electron chi connectivity index (χ1n) is 6.90. The normalized spacial score (nSPS) is 21.9. The molecule has 1 rings (SSSR count). The topological polar surface area (TPSA) is 26.3 Å². The highest BCUT2D eigenvalue weighted by Gasteiger charge is 2.33. The van der Waals surface area contributed by atoms with Crippen LogP contribution in [0.4, 0.5) is 0 Å². The number of carbonyl (C=O) groups is 1. The van der Waals surface area contributed by atoms with E-state index in [-0.39, 0.29) is 11.5 Å². The minimum Gasteiger partial charge on any atom is -0.466 e. The molecule has 106 valence electrons. The summed E-state index contributed by atoms with van der Waals surface area (Å²) < 4.78 is 5.24. The van der Waals surface area contributed by atoms with Gasteiger partial charge in [-0.1, -0.05) is 47.6 Å². The molecule has 0 bridgehead atoms. The van der Waals surface area contributed by atoms with Gasteiger partial charge in [-0.25, -0.2) is 0 Å². The van der Waals surface area contributed by atoms with Crippen LogP contribution in [0.3, 0.4) is 0 Å². The van der Waals surface area contributed by atoms with Crippen molar-refractivity contribution in [3.8, 4) is 0 Å². The Balaban J connectivity index is 2.38. The fraction of sp³-hybridized carbons (Fsp3) is 0.923. The Hall–Kier alpha value is 0.387. The quantitative estimate of drug-likeness (QED) is 0.391. The Morgan fingerprint density at radius 1 is 1.44 bits per heavy atom. The molecule has 5 heteroatoms. The Morgan fingerprint density at radius 3 is 2.67 bits per heavy atom. The van der Waals surface area contributed by atoms with Crippen molar-refractivity contribution in [3.05, 3.63) is 0 Å². The molecule has 2 unspecified atom stereocenters. The first-order valence-corrected chi connectivity index (χ1v) is 12.9. The van der Waals surface area contributed by atoms with Gasteiger partial charge in [0.05, 0.1) is 20.2 Å². The SMILES string of the molecule is CCOC(=O)C(CCCC1CCSS1)[Si](C)(C)C. The minimum absolute atomic E-state index is 0.0464. The molecule has 1 heterocycles. The van der Waals surface area contributed by atoms with Gasteiger partial charge in [-0.15, -0.1) is 0 Å². The second-order valence-corrected chi connectivity index (χ2v) is 14.1. The zero-order valence-electron chi connectivity index (χ0n) is 12.0. The van der Waals surface area contributed by atoms with Crippen LogP contribution in [0.25, 0.3) is 0 Å². The van der Waals surface area contributed by atoms with Crippen molar-refractivity contribution < 1.29 is 9.53 Å². The third-order valence-electron chi connectivity index (χ3n) is 3.36. The first kappa shape index (κ1) is 16.4. The van der Waals surface area contributed by atoms with Gasteiger partial charge in [0.15, 0.2) is 0 Å². The predicted molar refractivity (Wildman–Crippen MR) is 86.0 cm³/mol. The van der Waals surface area contributed by atoms with Gasteiger partial charge < -0.3 is 4.74 Å². The predicted octanol–water partition coefficient (Wildman–Crippen LogP) is 4.58. The lowest BCUT2D eigenvalue weighted by molar-refractivity contribution is -0.143. The summed E-state index contributed by atoms with van der Waals surface area (Å²) in [6.45, 7) is 9.22. The first-order chi connectivity index (χ1) is 8.45. The van der Waals surface area contributed by atoms with Crippen LogP contribution in [0.2, 0.25) is 25.2 Å². The Bertz CT molecular complexity index is 260. The molecule has 2 atom stereocenters. The summed E-state index contributed by atoms with van der Waals surface area (Å²) in [6.07, 6.45) is 4.80. The molecule has 2 nitrogen and oxygen atoms in total. The smallest absolute Gasteiger partial charge is 0.306 e. The van der Waals surface area contributed by atoms with Crippen molar-refractivity contribution in [2.75, 3.05) is 12.4 Å². The monoisotopic (exact) mass is 306 g/mol. The molecule has 0 saturated carbocycles. The zero-order valence-corrected chi connectivity index (χ0v) is 14.7. The molecule has 0 aromatic heterocycles. The van der Waals surface area contributed by atoms with Crippen LogP contribution in [0.5, 0.6) is 0 Å². The van der Waals surface area contributed by atoms with E-state index in [4.69, 9.17) is 4.74 Å². The van der Waals surface area contributed by atoms with Gasteiger partial charge in [-0.2, -0.15) is 0 Å². The van der Waals surface area contributed by atoms with Gasteiger partial charge in [0.25, 0.3) is 0 Å². The van der Waals surface area contributed by atoms with Gasteiger partial charge in [0.2, 0.25) is 0 Å². The van der Waals surface area contributed by atoms with Crippen LogP contribution in [-0.4, -0.2) is 31.7 Å². The lowest BCUT2D eigenvalue weighted by Gasteiger charge is -2.27. The molecule has 1 fully saturated rings. The second-order valence-electron chi connectivity index (χ2n) is 5.93. The summed E-state index contributed by atoms with van der Waals surface area (Å²) in [7, 11) is 2.58. The minimum atomic E-state index is -1.45. The maximum Gasteiger partial charge on any atom is 0.306 e. The number of carbonyl (C=O) groups excluding carboxylic acids is 1. The van der Waals surface area contributed by atoms with Crippen LogP contribution < -0.4 is 0 Å². The number of esters is 1. The van der Waals surface area contributed by atoms with E-state index in [0.29, 0.717) is 6.61 Å². The average Bonchev–Trinajstić information content (AvgIpc) is 2.75. The van der Waals surface area contributed by atoms with Gasteiger partial charge in [-0.3, -0.25) is 4.79 Å². The van der Waals surface area contributed by atoms with Crippen molar-refractivity contribution in [3.63, 3.8) is 0 Å². The molecule has 0 spiro atoms. The van der Waals surface area contributed by atoms with E-state index in [0.717, 1.165) is 11.7 Å². The molecule has 0 aliphatic carbocycles. The number of hydrogen-bond donors (Lipinski definition) is 0. The maximum absolute atomic E-state index is 12.0. The molecule has 1 saturated heterocycles. The molecule has 1 aliphatic heterocycles. The standard InChI is InChI=1S/C13H26O2S2Si/c1-5-15-13(14)12(18(2,3)4)8-6-7-11-9-10-16-17-11/h11-12H,5-10H2,1-4H3. The molecule has 18 heavy (non-hydrogen) atoms. The number of ether oxygens (including phenoxy) is 1. The highest BCUT2D eigenvalue weighted by molar-refractivity contribution is 8.77. The van der Waals surface area contributed by atoms with E-state index < -0.39 is 8.07 Å². The molecule has 0 amide bonds. The number of rotatable bonds is 7. The summed E-state index contributed by atoms with van der Waals surface area (Å²) in [5.74, 6) is 1.34. The number of hydrogen-bond acceptors (Lipinski definition) is 4. The molecular weight excluding hydrogens is 280 g/mol. The summed E-state index contributed by atoms with van der Waals surface area (Å²) in [5.41, 5.74) is 0.177. The lowest BCUT2D eigenvalue weighted by Crippen LogP contribution is -2.35. The maximum atomic E-state index is 12.0. The van der Waals surface area contributed by atoms with E-state index >= 15 is 0 Å². The van der Waals surface area contributed by atoms with E-state index in [1.165, 1.54) is 25.0 Å². The van der Waals surface area contributed by atoms with Crippen molar-refractivity contribution in [2.45, 2.75) is 63.0 Å². The van der Waals surface area contributed by atoms with Crippen LogP contribution in [0.15, 0.2) is 0 Å². The van der Waals surface area contributed by atoms with Crippen molar-refractivity contribution in [1.29, 1.82) is 0 Å². The van der Waals surface area contributed by atoms with Crippen molar-refractivity contribution >= 4 is 35.6 Å². The van der Waals surface area contributed by atoms with Crippen molar-refractivity contribution in [2.24, 2.45) is 0 Å². The fourth-order valence-corrected chi connectivity index (χ4v) is 7.15. The second kappa shape index (κ2) is 7.85. The largest absolute Gasteiger partial charge is 0.466 e. The van der Waals surface area contributed by atoms with E-state index in [9.17, 15) is 4.79 Å². The molecule has 0 aromatic rings. The summed E-state index contributed by atoms with van der Waals surface area (Å²) in [5, 5.41) is 0.819. The van der Waals surface area contributed by atoms with Crippen molar-refractivity contribution in [1.82, 2.24) is 0 Å². The van der Waals surface area contributed by atoms with Crippen LogP contribution in [0.1, 0.15) is 32.6 Å². The van der Waals surface area contributed by atoms with Gasteiger partial charge in [0.1, 0.15) is 0 Å². The third kappa shape index (κ3) is 5.57. The summed E-state index contributed by atoms with van der Waals surface area (Å²) in [4.78, 5) is 12.0. The van der Waals surface area contributed by atoms with Crippen LogP contribution in [0, 0.1) is 0 Å². The van der Waals surface area contributed by atoms with Crippen LogP contribution >= 0.6 is 21.6 Å². The third-order valence-corrected chi connectivity index (χ3v) is 8.98. The Morgan fingerprint density at radius 2 is 2.17 bits per heavy atom. The van der Waals surface area contributed by atoms with E-state index in [2.05, 4.69) is 19.6 Å². The summed E-state index contributed by atoms with van der Waals surface area (Å²) >= 11 is 0. The summed E-state index contributed by atoms with van der Waals surface area (Å²) in [6, 6.07) is 0. The molecule has 0 aromatic carbocycles. The zero-order chi connectivity index (χ0) is 13.6. The molecule has 0 N–H and O–H groups in total. The van der Waals surface area contributed by atoms with E-state index in [1.807, 2.05) is 28.5 Å². The Labute approximate surface area is 120 Å². The van der Waals surface area contributed by atoms with E-state index in [1.54, 1.807) is 0 Å². The molecular formula is C13H26O2S2Si. The fourth-order valence-electron chi connectivity index (χ4n) is 2.26.